The normalized spacial score (nSPS) is 9.56. The van der Waals surface area contributed by atoms with Crippen molar-refractivity contribution < 1.29 is 30.2 Å². The van der Waals surface area contributed by atoms with E-state index in [1.165, 1.54) is 10.7 Å². The molecule has 0 aliphatic heterocycles. The molecule has 1 N–H and O–H groups in total. The summed E-state index contributed by atoms with van der Waals surface area (Å²) in [6.07, 6.45) is 1.66. The molecule has 0 aliphatic carbocycles. The Labute approximate surface area is 106 Å². The molecule has 0 aromatic carbocycles. The molecule has 2 heterocycles. The van der Waals surface area contributed by atoms with Gasteiger partial charge in [0.1, 0.15) is 0 Å². The van der Waals surface area contributed by atoms with Gasteiger partial charge in [-0.05, 0) is 12.1 Å². The molecule has 0 radical (unpaired) electrons. The Bertz CT molecular complexity index is 502. The van der Waals surface area contributed by atoms with Gasteiger partial charge in [-0.2, -0.15) is 5.10 Å². The second kappa shape index (κ2) is 4.97. The largest absolute Gasteiger partial charge is 1.00 e. The Balaban J connectivity index is 0.00000128. The van der Waals surface area contributed by atoms with E-state index >= 15 is 0 Å². The summed E-state index contributed by atoms with van der Waals surface area (Å²) in [5, 5.41) is 12.6. The van der Waals surface area contributed by atoms with Gasteiger partial charge in [-0.1, -0.05) is 6.07 Å². The van der Waals surface area contributed by atoms with Gasteiger partial charge in [-0.15, -0.1) is 0 Å². The van der Waals surface area contributed by atoms with Crippen LogP contribution >= 0.6 is 0 Å². The molecule has 0 unspecified atom stereocenters. The van der Waals surface area contributed by atoms with Crippen molar-refractivity contribution in [2.75, 3.05) is 0 Å². The van der Waals surface area contributed by atoms with Gasteiger partial charge in [0.15, 0.2) is 5.69 Å². The third kappa shape index (κ3) is 2.32. The van der Waals surface area contributed by atoms with Crippen LogP contribution in [0.15, 0.2) is 30.5 Å². The molecule has 16 heavy (non-hydrogen) atoms. The summed E-state index contributed by atoms with van der Waals surface area (Å²) in [7, 11) is 1.69. The van der Waals surface area contributed by atoms with E-state index in [0.717, 1.165) is 0 Å². The summed E-state index contributed by atoms with van der Waals surface area (Å²) >= 11 is 0. The quantitative estimate of drug-likeness (QED) is 0.601. The Hall–Kier alpha value is -1.57. The van der Waals surface area contributed by atoms with Crippen molar-refractivity contribution in [3.8, 4) is 11.4 Å². The minimum atomic E-state index is -1.03. The van der Waals surface area contributed by atoms with Crippen molar-refractivity contribution in [2.24, 2.45) is 7.05 Å². The average Bonchev–Trinajstić information content (AvgIpc) is 2.62. The van der Waals surface area contributed by atoms with Crippen molar-refractivity contribution in [1.29, 1.82) is 0 Å². The van der Waals surface area contributed by atoms with Gasteiger partial charge in [0.05, 0.1) is 11.4 Å². The summed E-state index contributed by atoms with van der Waals surface area (Å²) in [6.45, 7) is 0. The average molecular weight is 211 g/mol. The number of aryl methyl sites for hydroxylation is 1. The van der Waals surface area contributed by atoms with Crippen LogP contribution in [-0.4, -0.2) is 25.8 Å². The van der Waals surface area contributed by atoms with Crippen molar-refractivity contribution >= 4 is 5.97 Å². The predicted octanol–water partition coefficient (Wildman–Crippen LogP) is -1.70. The van der Waals surface area contributed by atoms with E-state index < -0.39 is 5.97 Å². The number of nitrogens with zero attached hydrogens (tertiary/aromatic N) is 3. The summed E-state index contributed by atoms with van der Waals surface area (Å²) in [6, 6.07) is 6.96. The third-order valence-corrected chi connectivity index (χ3v) is 2.03. The van der Waals surface area contributed by atoms with Crippen molar-refractivity contribution in [2.45, 2.75) is 0 Å². The standard InChI is InChI=1S/C10H9N3O2.Li.H/c1-13-9(6-8(12-13)10(14)15)7-4-2-3-5-11-7;;/h2-6H,1H3,(H,14,15);;/q;+1;-1. The molecule has 0 saturated carbocycles. The maximum atomic E-state index is 10.7. The zero-order valence-corrected chi connectivity index (χ0v) is 9.08. The van der Waals surface area contributed by atoms with Crippen molar-refractivity contribution in [1.82, 2.24) is 14.8 Å². The number of hydrogen-bond donors (Lipinski definition) is 1. The smallest absolute Gasteiger partial charge is 1.00 e. The predicted molar refractivity (Wildman–Crippen MR) is 54.5 cm³/mol. The fourth-order valence-electron chi connectivity index (χ4n) is 1.33. The maximum Gasteiger partial charge on any atom is 1.00 e. The first-order valence-corrected chi connectivity index (χ1v) is 4.37. The van der Waals surface area contributed by atoms with Crippen LogP contribution in [0.25, 0.3) is 11.4 Å². The van der Waals surface area contributed by atoms with Gasteiger partial charge in [0.25, 0.3) is 0 Å². The molecular formula is C10H10LiN3O2. The van der Waals surface area contributed by atoms with Gasteiger partial charge in [0.2, 0.25) is 0 Å². The number of carboxylic acids is 1. The van der Waals surface area contributed by atoms with Crippen LogP contribution in [0.2, 0.25) is 0 Å². The topological polar surface area (TPSA) is 68.0 Å². The molecule has 0 fully saturated rings. The van der Waals surface area contributed by atoms with Crippen LogP contribution < -0.4 is 18.9 Å². The molecular weight excluding hydrogens is 201 g/mol. The van der Waals surface area contributed by atoms with Crippen LogP contribution in [0.5, 0.6) is 0 Å². The van der Waals surface area contributed by atoms with E-state index in [9.17, 15) is 4.79 Å². The first-order chi connectivity index (χ1) is 7.18. The Kier molecular flexibility index (Phi) is 3.88. The van der Waals surface area contributed by atoms with Crippen molar-refractivity contribution in [3.63, 3.8) is 0 Å². The van der Waals surface area contributed by atoms with Gasteiger partial charge in [0, 0.05) is 19.3 Å². The van der Waals surface area contributed by atoms with E-state index in [-0.39, 0.29) is 26.0 Å². The molecule has 5 nitrogen and oxygen atoms in total. The molecule has 0 amide bonds. The molecule has 0 atom stereocenters. The SMILES string of the molecule is Cn1nc(C(=O)O)cc1-c1ccccn1.[H-].[Li+]. The monoisotopic (exact) mass is 211 g/mol. The summed E-state index contributed by atoms with van der Waals surface area (Å²) in [4.78, 5) is 14.8. The Morgan fingerprint density at radius 2 is 2.25 bits per heavy atom. The molecule has 78 valence electrons. The fraction of sp³-hybridized carbons (Fsp3) is 0.100. The number of aromatic carboxylic acids is 1. The van der Waals surface area contributed by atoms with Crippen LogP contribution in [0.3, 0.4) is 0 Å². The summed E-state index contributed by atoms with van der Waals surface area (Å²) in [5.74, 6) is -1.03. The number of carboxylic acid groups (broad SMARTS) is 1. The first kappa shape index (κ1) is 12.5. The van der Waals surface area contributed by atoms with Gasteiger partial charge in [-0.3, -0.25) is 9.67 Å². The van der Waals surface area contributed by atoms with Crippen molar-refractivity contribution in [3.05, 3.63) is 36.2 Å². The van der Waals surface area contributed by atoms with E-state index in [0.29, 0.717) is 11.4 Å². The Morgan fingerprint density at radius 3 is 2.75 bits per heavy atom. The zero-order chi connectivity index (χ0) is 10.8. The number of pyridine rings is 1. The molecule has 2 rings (SSSR count). The third-order valence-electron chi connectivity index (χ3n) is 2.03. The van der Waals surface area contributed by atoms with Crippen LogP contribution in [0.1, 0.15) is 11.9 Å². The second-order valence-electron chi connectivity index (χ2n) is 3.06. The Morgan fingerprint density at radius 1 is 1.50 bits per heavy atom. The number of carbonyl (C=O) groups is 1. The fourth-order valence-corrected chi connectivity index (χ4v) is 1.33. The van der Waals surface area contributed by atoms with Gasteiger partial charge in [-0.25, -0.2) is 4.79 Å². The molecule has 0 aliphatic rings. The summed E-state index contributed by atoms with van der Waals surface area (Å²) < 4.78 is 1.51. The van der Waals surface area contributed by atoms with E-state index in [1.807, 2.05) is 12.1 Å². The van der Waals surface area contributed by atoms with Gasteiger partial charge < -0.3 is 6.53 Å². The number of hydrogen-bond acceptors (Lipinski definition) is 3. The second-order valence-corrected chi connectivity index (χ2v) is 3.06. The van der Waals surface area contributed by atoms with E-state index in [1.54, 1.807) is 19.3 Å². The molecule has 2 aromatic rings. The molecule has 0 bridgehead atoms. The van der Waals surface area contributed by atoms with Gasteiger partial charge >= 0.3 is 24.8 Å². The minimum absolute atomic E-state index is 0. The molecule has 0 spiro atoms. The van der Waals surface area contributed by atoms with Crippen LogP contribution in [0, 0.1) is 0 Å². The number of rotatable bonds is 2. The first-order valence-electron chi connectivity index (χ1n) is 4.37. The molecule has 2 aromatic heterocycles. The maximum absolute atomic E-state index is 10.7. The minimum Gasteiger partial charge on any atom is -1.00 e. The van der Waals surface area contributed by atoms with Crippen LogP contribution in [-0.2, 0) is 7.05 Å². The molecule has 0 saturated heterocycles. The number of aromatic nitrogens is 3. The summed E-state index contributed by atoms with van der Waals surface area (Å²) in [5.41, 5.74) is 1.42. The van der Waals surface area contributed by atoms with E-state index in [2.05, 4.69) is 10.1 Å². The zero-order valence-electron chi connectivity index (χ0n) is 10.1. The molecule has 6 heteroatoms. The van der Waals surface area contributed by atoms with Crippen LogP contribution in [0.4, 0.5) is 0 Å². The van der Waals surface area contributed by atoms with E-state index in [4.69, 9.17) is 5.11 Å².